The quantitative estimate of drug-likeness (QED) is 0.710. The second kappa shape index (κ2) is 3.20. The SMILES string of the molecule is CC1(C)CN(c2cccnn2)CC1N. The van der Waals surface area contributed by atoms with Crippen molar-refractivity contribution in [2.45, 2.75) is 19.9 Å². The van der Waals surface area contributed by atoms with Gasteiger partial charge in [0.15, 0.2) is 5.82 Å². The highest BCUT2D eigenvalue weighted by Gasteiger charge is 2.37. The number of anilines is 1. The van der Waals surface area contributed by atoms with Gasteiger partial charge in [-0.2, -0.15) is 5.10 Å². The van der Waals surface area contributed by atoms with E-state index in [0.717, 1.165) is 18.9 Å². The smallest absolute Gasteiger partial charge is 0.151 e. The van der Waals surface area contributed by atoms with Gasteiger partial charge in [-0.1, -0.05) is 13.8 Å². The fourth-order valence-electron chi connectivity index (χ4n) is 1.79. The van der Waals surface area contributed by atoms with Gasteiger partial charge in [0, 0.05) is 25.3 Å². The molecule has 1 aromatic rings. The summed E-state index contributed by atoms with van der Waals surface area (Å²) in [4.78, 5) is 2.19. The third kappa shape index (κ3) is 1.57. The van der Waals surface area contributed by atoms with Crippen LogP contribution in [0.25, 0.3) is 0 Å². The number of nitrogens with two attached hydrogens (primary N) is 1. The number of hydrogen-bond acceptors (Lipinski definition) is 4. The Balaban J connectivity index is 2.17. The Morgan fingerprint density at radius 2 is 2.36 bits per heavy atom. The van der Waals surface area contributed by atoms with Crippen molar-refractivity contribution in [3.63, 3.8) is 0 Å². The van der Waals surface area contributed by atoms with E-state index in [-0.39, 0.29) is 11.5 Å². The molecular weight excluding hydrogens is 176 g/mol. The molecule has 0 amide bonds. The van der Waals surface area contributed by atoms with Crippen LogP contribution in [0.3, 0.4) is 0 Å². The molecule has 1 atom stereocenters. The van der Waals surface area contributed by atoms with Crippen LogP contribution in [-0.4, -0.2) is 29.3 Å². The summed E-state index contributed by atoms with van der Waals surface area (Å²) in [5.74, 6) is 0.925. The van der Waals surface area contributed by atoms with Crippen molar-refractivity contribution >= 4 is 5.82 Å². The molecule has 0 bridgehead atoms. The lowest BCUT2D eigenvalue weighted by molar-refractivity contribution is 0.365. The highest BCUT2D eigenvalue weighted by atomic mass is 15.3. The van der Waals surface area contributed by atoms with E-state index in [2.05, 4.69) is 28.9 Å². The van der Waals surface area contributed by atoms with E-state index >= 15 is 0 Å². The lowest BCUT2D eigenvalue weighted by Gasteiger charge is -2.21. The van der Waals surface area contributed by atoms with E-state index < -0.39 is 0 Å². The zero-order valence-corrected chi connectivity index (χ0v) is 8.64. The topological polar surface area (TPSA) is 55.0 Å². The van der Waals surface area contributed by atoms with Crippen LogP contribution in [0.1, 0.15) is 13.8 Å². The molecule has 0 saturated carbocycles. The average molecular weight is 192 g/mol. The number of hydrogen-bond donors (Lipinski definition) is 1. The highest BCUT2D eigenvalue weighted by Crippen LogP contribution is 2.30. The van der Waals surface area contributed by atoms with Crippen molar-refractivity contribution in [1.29, 1.82) is 0 Å². The van der Waals surface area contributed by atoms with Gasteiger partial charge in [-0.15, -0.1) is 5.10 Å². The summed E-state index contributed by atoms with van der Waals surface area (Å²) in [7, 11) is 0. The minimum Gasteiger partial charge on any atom is -0.353 e. The van der Waals surface area contributed by atoms with E-state index in [4.69, 9.17) is 5.73 Å². The Hall–Kier alpha value is -1.16. The molecule has 1 aliphatic heterocycles. The second-order valence-corrected chi connectivity index (χ2v) is 4.56. The van der Waals surface area contributed by atoms with Gasteiger partial charge in [-0.25, -0.2) is 0 Å². The predicted molar refractivity (Wildman–Crippen MR) is 56.0 cm³/mol. The summed E-state index contributed by atoms with van der Waals surface area (Å²) in [5.41, 5.74) is 6.21. The zero-order valence-electron chi connectivity index (χ0n) is 8.64. The highest BCUT2D eigenvalue weighted by molar-refractivity contribution is 5.39. The fraction of sp³-hybridized carbons (Fsp3) is 0.600. The minimum atomic E-state index is 0.164. The summed E-state index contributed by atoms with van der Waals surface area (Å²) in [6, 6.07) is 4.09. The maximum atomic E-state index is 6.05. The van der Waals surface area contributed by atoms with E-state index in [9.17, 15) is 0 Å². The Labute approximate surface area is 84.1 Å². The number of aromatic nitrogens is 2. The van der Waals surface area contributed by atoms with Crippen LogP contribution >= 0.6 is 0 Å². The molecule has 0 aliphatic carbocycles. The monoisotopic (exact) mass is 192 g/mol. The standard InChI is InChI=1S/C10H16N4/c1-10(2)7-14(6-8(10)11)9-4-3-5-12-13-9/h3-5,8H,6-7,11H2,1-2H3. The van der Waals surface area contributed by atoms with E-state index in [0.29, 0.717) is 0 Å². The van der Waals surface area contributed by atoms with Crippen LogP contribution in [0.2, 0.25) is 0 Å². The van der Waals surface area contributed by atoms with Crippen LogP contribution < -0.4 is 10.6 Å². The Bertz CT molecular complexity index is 309. The molecule has 14 heavy (non-hydrogen) atoms. The van der Waals surface area contributed by atoms with Crippen molar-refractivity contribution in [1.82, 2.24) is 10.2 Å². The maximum Gasteiger partial charge on any atom is 0.151 e. The molecule has 2 heterocycles. The lowest BCUT2D eigenvalue weighted by Crippen LogP contribution is -2.35. The molecule has 76 valence electrons. The second-order valence-electron chi connectivity index (χ2n) is 4.56. The molecule has 4 nitrogen and oxygen atoms in total. The molecule has 1 aliphatic rings. The summed E-state index contributed by atoms with van der Waals surface area (Å²) >= 11 is 0. The summed E-state index contributed by atoms with van der Waals surface area (Å²) < 4.78 is 0. The van der Waals surface area contributed by atoms with Crippen molar-refractivity contribution in [2.75, 3.05) is 18.0 Å². The molecule has 1 fully saturated rings. The van der Waals surface area contributed by atoms with Crippen LogP contribution in [0.5, 0.6) is 0 Å². The van der Waals surface area contributed by atoms with Gasteiger partial charge in [0.05, 0.1) is 0 Å². The molecule has 0 aromatic carbocycles. The molecule has 1 unspecified atom stereocenters. The van der Waals surface area contributed by atoms with Crippen molar-refractivity contribution in [3.05, 3.63) is 18.3 Å². The van der Waals surface area contributed by atoms with Gasteiger partial charge in [-0.05, 0) is 17.5 Å². The third-order valence-corrected chi connectivity index (χ3v) is 2.90. The molecular formula is C10H16N4. The summed E-state index contributed by atoms with van der Waals surface area (Å²) in [6.07, 6.45) is 1.69. The maximum absolute atomic E-state index is 6.05. The lowest BCUT2D eigenvalue weighted by atomic mass is 9.89. The fourth-order valence-corrected chi connectivity index (χ4v) is 1.79. The Morgan fingerprint density at radius 3 is 2.86 bits per heavy atom. The van der Waals surface area contributed by atoms with Crippen LogP contribution in [0.15, 0.2) is 18.3 Å². The number of rotatable bonds is 1. The number of nitrogens with zero attached hydrogens (tertiary/aromatic N) is 3. The first kappa shape index (κ1) is 9.40. The van der Waals surface area contributed by atoms with Crippen molar-refractivity contribution in [3.8, 4) is 0 Å². The van der Waals surface area contributed by atoms with Crippen LogP contribution in [-0.2, 0) is 0 Å². The van der Waals surface area contributed by atoms with Crippen molar-refractivity contribution in [2.24, 2.45) is 11.1 Å². The van der Waals surface area contributed by atoms with Gasteiger partial charge in [0.1, 0.15) is 0 Å². The Kier molecular flexibility index (Phi) is 2.15. The zero-order chi connectivity index (χ0) is 10.2. The van der Waals surface area contributed by atoms with Gasteiger partial charge < -0.3 is 10.6 Å². The third-order valence-electron chi connectivity index (χ3n) is 2.90. The largest absolute Gasteiger partial charge is 0.353 e. The molecule has 4 heteroatoms. The first-order valence-electron chi connectivity index (χ1n) is 4.88. The summed E-state index contributed by atoms with van der Waals surface area (Å²) in [5, 5.41) is 7.95. The van der Waals surface area contributed by atoms with E-state index in [1.54, 1.807) is 6.20 Å². The minimum absolute atomic E-state index is 0.164. The molecule has 1 saturated heterocycles. The summed E-state index contributed by atoms with van der Waals surface area (Å²) in [6.45, 7) is 6.20. The molecule has 0 spiro atoms. The van der Waals surface area contributed by atoms with Crippen LogP contribution in [0.4, 0.5) is 5.82 Å². The molecule has 2 rings (SSSR count). The molecule has 1 aromatic heterocycles. The molecule has 0 radical (unpaired) electrons. The van der Waals surface area contributed by atoms with Crippen molar-refractivity contribution < 1.29 is 0 Å². The van der Waals surface area contributed by atoms with E-state index in [1.807, 2.05) is 12.1 Å². The van der Waals surface area contributed by atoms with E-state index in [1.165, 1.54) is 0 Å². The van der Waals surface area contributed by atoms with Gasteiger partial charge in [0.2, 0.25) is 0 Å². The first-order valence-corrected chi connectivity index (χ1v) is 4.88. The van der Waals surface area contributed by atoms with Gasteiger partial charge in [-0.3, -0.25) is 0 Å². The van der Waals surface area contributed by atoms with Crippen LogP contribution in [0, 0.1) is 5.41 Å². The Morgan fingerprint density at radius 1 is 1.57 bits per heavy atom. The predicted octanol–water partition coefficient (Wildman–Crippen LogP) is 0.650. The molecule has 2 N–H and O–H groups in total. The normalized spacial score (nSPS) is 25.4. The van der Waals surface area contributed by atoms with Gasteiger partial charge >= 0.3 is 0 Å². The average Bonchev–Trinajstić information content (AvgIpc) is 2.43. The first-order chi connectivity index (χ1) is 6.59. The van der Waals surface area contributed by atoms with Gasteiger partial charge in [0.25, 0.3) is 0 Å².